The fraction of sp³-hybridized carbons (Fsp3) is 0.737. The second kappa shape index (κ2) is 9.59. The fourth-order valence-electron chi connectivity index (χ4n) is 3.26. The molecule has 1 aromatic rings. The van der Waals surface area contributed by atoms with Crippen LogP contribution in [0.3, 0.4) is 0 Å². The van der Waals surface area contributed by atoms with E-state index in [4.69, 9.17) is 9.52 Å². The molecule has 26 heavy (non-hydrogen) atoms. The summed E-state index contributed by atoms with van der Waals surface area (Å²) in [5, 5.41) is 10.8. The van der Waals surface area contributed by atoms with E-state index in [0.717, 1.165) is 61.9 Å². The van der Waals surface area contributed by atoms with Gasteiger partial charge in [0.15, 0.2) is 5.96 Å². The number of rotatable bonds is 6. The third-order valence-electron chi connectivity index (χ3n) is 4.80. The molecule has 0 unspecified atom stereocenters. The molecular weight excluding hydrogens is 330 g/mol. The molecular formula is C19H33N5O2. The number of nitrogens with one attached hydrogen (secondary N) is 2. The van der Waals surface area contributed by atoms with Gasteiger partial charge in [-0.1, -0.05) is 19.0 Å². The third kappa shape index (κ3) is 5.47. The molecule has 146 valence electrons. The van der Waals surface area contributed by atoms with Crippen LogP contribution in [0, 0.1) is 19.8 Å². The Kier molecular flexibility index (Phi) is 7.48. The second-order valence-electron chi connectivity index (χ2n) is 7.21. The van der Waals surface area contributed by atoms with Gasteiger partial charge in [0.2, 0.25) is 5.91 Å². The van der Waals surface area contributed by atoms with Gasteiger partial charge in [0, 0.05) is 43.7 Å². The molecule has 0 saturated carbocycles. The summed E-state index contributed by atoms with van der Waals surface area (Å²) in [6.45, 7) is 13.0. The minimum Gasteiger partial charge on any atom is -0.361 e. The van der Waals surface area contributed by atoms with Crippen molar-refractivity contribution in [3.05, 3.63) is 17.0 Å². The van der Waals surface area contributed by atoms with Gasteiger partial charge in [0.1, 0.15) is 5.76 Å². The maximum Gasteiger partial charge on any atom is 0.225 e. The third-order valence-corrected chi connectivity index (χ3v) is 4.80. The lowest BCUT2D eigenvalue weighted by Gasteiger charge is -2.34. The quantitative estimate of drug-likeness (QED) is 0.597. The molecule has 1 aliphatic heterocycles. The second-order valence-corrected chi connectivity index (χ2v) is 7.21. The number of carbonyl (C=O) groups is 1. The van der Waals surface area contributed by atoms with Crippen molar-refractivity contribution in [3.8, 4) is 0 Å². The van der Waals surface area contributed by atoms with Gasteiger partial charge in [0.25, 0.3) is 0 Å². The summed E-state index contributed by atoms with van der Waals surface area (Å²) in [7, 11) is 0. The first-order valence-corrected chi connectivity index (χ1v) is 9.67. The molecule has 7 heteroatoms. The molecule has 1 amide bonds. The summed E-state index contributed by atoms with van der Waals surface area (Å²) >= 11 is 0. The number of likely N-dealkylation sites (tertiary alicyclic amines) is 1. The number of guanidine groups is 1. The predicted molar refractivity (Wildman–Crippen MR) is 103 cm³/mol. The highest BCUT2D eigenvalue weighted by atomic mass is 16.5. The molecule has 1 saturated heterocycles. The summed E-state index contributed by atoms with van der Waals surface area (Å²) < 4.78 is 5.21. The minimum atomic E-state index is 0.0720. The summed E-state index contributed by atoms with van der Waals surface area (Å²) in [6.07, 6.45) is 2.72. The average molecular weight is 364 g/mol. The molecule has 0 aromatic carbocycles. The molecule has 2 rings (SSSR count). The molecule has 1 fully saturated rings. The number of aromatic nitrogens is 1. The topological polar surface area (TPSA) is 82.8 Å². The van der Waals surface area contributed by atoms with Gasteiger partial charge >= 0.3 is 0 Å². The molecule has 0 bridgehead atoms. The monoisotopic (exact) mass is 363 g/mol. The van der Waals surface area contributed by atoms with Crippen LogP contribution in [0.2, 0.25) is 0 Å². The molecule has 0 radical (unpaired) electrons. The van der Waals surface area contributed by atoms with Crippen molar-refractivity contribution in [3.63, 3.8) is 0 Å². The van der Waals surface area contributed by atoms with E-state index < -0.39 is 0 Å². The zero-order valence-electron chi connectivity index (χ0n) is 16.8. The Bertz CT molecular complexity index is 596. The Labute approximate surface area is 156 Å². The van der Waals surface area contributed by atoms with Crippen molar-refractivity contribution in [2.45, 2.75) is 59.9 Å². The highest BCUT2D eigenvalue weighted by Crippen LogP contribution is 2.14. The van der Waals surface area contributed by atoms with Crippen molar-refractivity contribution in [1.29, 1.82) is 0 Å². The summed E-state index contributed by atoms with van der Waals surface area (Å²) in [5.41, 5.74) is 2.09. The molecule has 0 spiro atoms. The first-order chi connectivity index (χ1) is 12.4. The van der Waals surface area contributed by atoms with Crippen LogP contribution in [-0.2, 0) is 11.2 Å². The van der Waals surface area contributed by atoms with E-state index in [1.165, 1.54) is 0 Å². The average Bonchev–Trinajstić information content (AvgIpc) is 2.93. The number of piperidine rings is 1. The van der Waals surface area contributed by atoms with Gasteiger partial charge in [-0.05, 0) is 40.0 Å². The Balaban J connectivity index is 1.85. The van der Waals surface area contributed by atoms with Crippen LogP contribution in [0.25, 0.3) is 0 Å². The van der Waals surface area contributed by atoms with E-state index in [1.54, 1.807) is 0 Å². The first kappa shape index (κ1) is 20.3. The molecule has 1 aromatic heterocycles. The van der Waals surface area contributed by atoms with Gasteiger partial charge in [-0.15, -0.1) is 0 Å². The van der Waals surface area contributed by atoms with E-state index in [-0.39, 0.29) is 11.8 Å². The maximum atomic E-state index is 12.1. The van der Waals surface area contributed by atoms with Gasteiger partial charge < -0.3 is 20.1 Å². The SMILES string of the molecule is CCNC(=NCCc1c(C)noc1C)NC1CCN(C(=O)C(C)C)CC1. The van der Waals surface area contributed by atoms with E-state index in [9.17, 15) is 4.79 Å². The van der Waals surface area contributed by atoms with E-state index in [1.807, 2.05) is 32.6 Å². The summed E-state index contributed by atoms with van der Waals surface area (Å²) in [6, 6.07) is 0.350. The van der Waals surface area contributed by atoms with Gasteiger partial charge in [0.05, 0.1) is 5.69 Å². The van der Waals surface area contributed by atoms with E-state index in [0.29, 0.717) is 12.6 Å². The highest BCUT2D eigenvalue weighted by molar-refractivity contribution is 5.80. The molecule has 0 atom stereocenters. The van der Waals surface area contributed by atoms with Crippen molar-refractivity contribution >= 4 is 11.9 Å². The molecule has 7 nitrogen and oxygen atoms in total. The molecule has 2 N–H and O–H groups in total. The predicted octanol–water partition coefficient (Wildman–Crippen LogP) is 2.04. The van der Waals surface area contributed by atoms with Gasteiger partial charge in [-0.2, -0.15) is 0 Å². The lowest BCUT2D eigenvalue weighted by Crippen LogP contribution is -2.50. The number of amides is 1. The molecule has 0 aliphatic carbocycles. The Morgan fingerprint density at radius 2 is 2.04 bits per heavy atom. The Hall–Kier alpha value is -2.05. The zero-order valence-corrected chi connectivity index (χ0v) is 16.8. The van der Waals surface area contributed by atoms with Crippen LogP contribution in [0.1, 0.15) is 50.6 Å². The van der Waals surface area contributed by atoms with Crippen LogP contribution < -0.4 is 10.6 Å². The number of carbonyl (C=O) groups excluding carboxylic acids is 1. The molecule has 2 heterocycles. The fourth-order valence-corrected chi connectivity index (χ4v) is 3.26. The largest absolute Gasteiger partial charge is 0.361 e. The van der Waals surface area contributed by atoms with Crippen molar-refractivity contribution < 1.29 is 9.32 Å². The van der Waals surface area contributed by atoms with Crippen molar-refractivity contribution in [2.24, 2.45) is 10.9 Å². The standard InChI is InChI=1S/C19H33N5O2/c1-6-20-19(21-10-7-17-14(4)23-26-15(17)5)22-16-8-11-24(12-9-16)18(25)13(2)3/h13,16H,6-12H2,1-5H3,(H2,20,21,22). The highest BCUT2D eigenvalue weighted by Gasteiger charge is 2.24. The lowest BCUT2D eigenvalue weighted by atomic mass is 10.0. The summed E-state index contributed by atoms with van der Waals surface area (Å²) in [4.78, 5) is 18.8. The molecule has 1 aliphatic rings. The minimum absolute atomic E-state index is 0.0720. The van der Waals surface area contributed by atoms with Crippen molar-refractivity contribution in [2.75, 3.05) is 26.2 Å². The number of aliphatic imine (C=N–C) groups is 1. The van der Waals surface area contributed by atoms with Crippen LogP contribution in [0.5, 0.6) is 0 Å². The smallest absolute Gasteiger partial charge is 0.225 e. The Morgan fingerprint density at radius 3 is 2.58 bits per heavy atom. The first-order valence-electron chi connectivity index (χ1n) is 9.67. The maximum absolute atomic E-state index is 12.1. The number of hydrogen-bond acceptors (Lipinski definition) is 4. The van der Waals surface area contributed by atoms with Crippen molar-refractivity contribution in [1.82, 2.24) is 20.7 Å². The van der Waals surface area contributed by atoms with E-state index in [2.05, 4.69) is 22.7 Å². The van der Waals surface area contributed by atoms with Crippen LogP contribution in [0.15, 0.2) is 9.52 Å². The number of hydrogen-bond donors (Lipinski definition) is 2. The van der Waals surface area contributed by atoms with Gasteiger partial charge in [-0.3, -0.25) is 9.79 Å². The van der Waals surface area contributed by atoms with Crippen LogP contribution in [-0.4, -0.2) is 54.1 Å². The lowest BCUT2D eigenvalue weighted by molar-refractivity contribution is -0.135. The Morgan fingerprint density at radius 1 is 1.35 bits per heavy atom. The normalized spacial score (nSPS) is 16.2. The van der Waals surface area contributed by atoms with E-state index >= 15 is 0 Å². The zero-order chi connectivity index (χ0) is 19.1. The van der Waals surface area contributed by atoms with Gasteiger partial charge in [-0.25, -0.2) is 0 Å². The number of aryl methyl sites for hydroxylation is 2. The summed E-state index contributed by atoms with van der Waals surface area (Å²) in [5.74, 6) is 2.04. The number of nitrogens with zero attached hydrogens (tertiary/aromatic N) is 3. The van der Waals surface area contributed by atoms with Crippen LogP contribution in [0.4, 0.5) is 0 Å². The van der Waals surface area contributed by atoms with Crippen LogP contribution >= 0.6 is 0 Å².